The summed E-state index contributed by atoms with van der Waals surface area (Å²) in [5, 5.41) is 6.35. The summed E-state index contributed by atoms with van der Waals surface area (Å²) in [6.45, 7) is 6.99. The van der Waals surface area contributed by atoms with Crippen molar-refractivity contribution in [1.29, 1.82) is 0 Å². The van der Waals surface area contributed by atoms with Crippen LogP contribution in [-0.2, 0) is 25.7 Å². The molecule has 3 rings (SSSR count). The summed E-state index contributed by atoms with van der Waals surface area (Å²) in [4.78, 5) is 36.9. The smallest absolute Gasteiger partial charge is 0.326 e. The molecule has 1 heterocycles. The van der Waals surface area contributed by atoms with Crippen molar-refractivity contribution < 1.29 is 19.1 Å². The third-order valence-corrected chi connectivity index (χ3v) is 5.15. The van der Waals surface area contributed by atoms with Gasteiger partial charge in [0.1, 0.15) is 6.54 Å². The number of esters is 1. The second-order valence-corrected chi connectivity index (χ2v) is 7.60. The second-order valence-electron chi connectivity index (χ2n) is 7.60. The van der Waals surface area contributed by atoms with Crippen LogP contribution in [0.15, 0.2) is 48.5 Å². The molecule has 3 aromatic rings. The Labute approximate surface area is 181 Å². The topological polar surface area (TPSA) is 89.4 Å². The number of carbonyl (C=O) groups excluding carboxylic acids is 3. The second kappa shape index (κ2) is 9.47. The Bertz CT molecular complexity index is 1110. The number of hydrogen-bond acceptors (Lipinski definition) is 4. The maximum absolute atomic E-state index is 12.4. The molecule has 0 aliphatic heterocycles. The summed E-state index contributed by atoms with van der Waals surface area (Å²) in [5.41, 5.74) is 4.47. The Kier molecular flexibility index (Phi) is 6.74. The Morgan fingerprint density at radius 3 is 2.39 bits per heavy atom. The minimum atomic E-state index is -1.01. The van der Waals surface area contributed by atoms with Crippen LogP contribution in [0, 0.1) is 20.8 Å². The summed E-state index contributed by atoms with van der Waals surface area (Å²) in [6.07, 6.45) is -1.01. The van der Waals surface area contributed by atoms with E-state index in [4.69, 9.17) is 4.74 Å². The average Bonchev–Trinajstić information content (AvgIpc) is 3.04. The lowest BCUT2D eigenvalue weighted by Crippen LogP contribution is -2.40. The molecule has 31 heavy (non-hydrogen) atoms. The number of aromatic nitrogens is 1. The number of para-hydroxylation sites is 2. The number of fused-ring (bicyclic) bond motifs is 1. The van der Waals surface area contributed by atoms with E-state index in [1.165, 1.54) is 6.92 Å². The number of hydrogen-bond donors (Lipinski definition) is 2. The molecule has 0 aliphatic rings. The molecule has 1 aromatic heterocycles. The van der Waals surface area contributed by atoms with Crippen molar-refractivity contribution in [2.45, 2.75) is 40.3 Å². The Balaban J connectivity index is 1.51. The number of anilines is 1. The molecule has 2 aromatic carbocycles. The van der Waals surface area contributed by atoms with Gasteiger partial charge in [-0.15, -0.1) is 0 Å². The number of carbonyl (C=O) groups is 3. The van der Waals surface area contributed by atoms with Gasteiger partial charge in [0.2, 0.25) is 5.91 Å². The third kappa shape index (κ3) is 5.31. The molecule has 0 bridgehead atoms. The maximum Gasteiger partial charge on any atom is 0.326 e. The van der Waals surface area contributed by atoms with Crippen LogP contribution in [-0.4, -0.2) is 35.0 Å². The highest BCUT2D eigenvalue weighted by atomic mass is 16.5. The molecular formula is C24H27N3O4. The minimum Gasteiger partial charge on any atom is -0.451 e. The zero-order valence-corrected chi connectivity index (χ0v) is 18.2. The first-order valence-electron chi connectivity index (χ1n) is 10.1. The van der Waals surface area contributed by atoms with Crippen molar-refractivity contribution in [1.82, 2.24) is 9.88 Å². The molecule has 0 aliphatic carbocycles. The molecule has 1 unspecified atom stereocenters. The average molecular weight is 421 g/mol. The van der Waals surface area contributed by atoms with E-state index >= 15 is 0 Å². The van der Waals surface area contributed by atoms with Crippen LogP contribution in [0.1, 0.15) is 23.7 Å². The number of rotatable bonds is 7. The number of benzene rings is 2. The van der Waals surface area contributed by atoms with E-state index in [-0.39, 0.29) is 19.0 Å². The summed E-state index contributed by atoms with van der Waals surface area (Å²) >= 11 is 0. The first-order chi connectivity index (χ1) is 14.8. The molecular weight excluding hydrogens is 394 g/mol. The Morgan fingerprint density at radius 1 is 1.00 bits per heavy atom. The molecule has 162 valence electrons. The number of amides is 2. The Hall–Kier alpha value is -3.61. The minimum absolute atomic E-state index is 0.00398. The zero-order valence-electron chi connectivity index (χ0n) is 18.2. The van der Waals surface area contributed by atoms with Crippen LogP contribution in [0.2, 0.25) is 0 Å². The van der Waals surface area contributed by atoms with Crippen molar-refractivity contribution in [3.05, 3.63) is 65.4 Å². The van der Waals surface area contributed by atoms with Crippen LogP contribution >= 0.6 is 0 Å². The fourth-order valence-electron chi connectivity index (χ4n) is 3.48. The first-order valence-corrected chi connectivity index (χ1v) is 10.1. The lowest BCUT2D eigenvalue weighted by Gasteiger charge is -2.15. The molecule has 0 spiro atoms. The van der Waals surface area contributed by atoms with Gasteiger partial charge < -0.3 is 19.9 Å². The standard InChI is InChI=1S/C24H27N3O4/c1-15-8-7-9-16(2)23(15)26-21(28)13-25-24(30)18(4)31-22(29)14-27-17(3)12-19-10-5-6-11-20(19)27/h5-12,18H,13-14H2,1-4H3,(H,25,30)(H,26,28). The summed E-state index contributed by atoms with van der Waals surface area (Å²) in [7, 11) is 0. The predicted octanol–water partition coefficient (Wildman–Crippen LogP) is 3.25. The molecule has 7 heteroatoms. The van der Waals surface area contributed by atoms with Crippen LogP contribution in [0.4, 0.5) is 5.69 Å². The molecule has 0 fully saturated rings. The number of nitrogens with one attached hydrogen (secondary N) is 2. The van der Waals surface area contributed by atoms with Gasteiger partial charge in [-0.3, -0.25) is 14.4 Å². The maximum atomic E-state index is 12.4. The summed E-state index contributed by atoms with van der Waals surface area (Å²) < 4.78 is 7.12. The monoisotopic (exact) mass is 421 g/mol. The molecule has 7 nitrogen and oxygen atoms in total. The lowest BCUT2D eigenvalue weighted by atomic mass is 10.1. The van der Waals surface area contributed by atoms with E-state index in [0.29, 0.717) is 0 Å². The van der Waals surface area contributed by atoms with Crippen molar-refractivity contribution in [2.75, 3.05) is 11.9 Å². The van der Waals surface area contributed by atoms with Gasteiger partial charge in [0, 0.05) is 16.9 Å². The molecule has 2 N–H and O–H groups in total. The fraction of sp³-hybridized carbons (Fsp3) is 0.292. The number of ether oxygens (including phenoxy) is 1. The SMILES string of the molecule is Cc1cccc(C)c1NC(=O)CNC(=O)C(C)OC(=O)Cn1c(C)cc2ccccc21. The van der Waals surface area contributed by atoms with E-state index in [1.807, 2.05) is 73.9 Å². The van der Waals surface area contributed by atoms with Crippen molar-refractivity contribution in [3.63, 3.8) is 0 Å². The Morgan fingerprint density at radius 2 is 1.68 bits per heavy atom. The van der Waals surface area contributed by atoms with Gasteiger partial charge in [-0.2, -0.15) is 0 Å². The van der Waals surface area contributed by atoms with Crippen molar-refractivity contribution >= 4 is 34.4 Å². The molecule has 2 amide bonds. The van der Waals surface area contributed by atoms with Crippen molar-refractivity contribution in [2.24, 2.45) is 0 Å². The van der Waals surface area contributed by atoms with E-state index in [2.05, 4.69) is 10.6 Å². The van der Waals surface area contributed by atoms with Gasteiger partial charge in [0.05, 0.1) is 6.54 Å². The van der Waals surface area contributed by atoms with Gasteiger partial charge in [-0.1, -0.05) is 36.4 Å². The van der Waals surface area contributed by atoms with E-state index in [1.54, 1.807) is 0 Å². The van der Waals surface area contributed by atoms with Gasteiger partial charge >= 0.3 is 5.97 Å². The molecule has 0 saturated heterocycles. The van der Waals surface area contributed by atoms with Gasteiger partial charge in [-0.05, 0) is 56.3 Å². The normalized spacial score (nSPS) is 11.7. The lowest BCUT2D eigenvalue weighted by molar-refractivity contribution is -0.155. The summed E-state index contributed by atoms with van der Waals surface area (Å²) in [6, 6.07) is 15.5. The summed E-state index contributed by atoms with van der Waals surface area (Å²) in [5.74, 6) is -1.40. The predicted molar refractivity (Wildman–Crippen MR) is 120 cm³/mol. The first kappa shape index (κ1) is 22.1. The van der Waals surface area contributed by atoms with Gasteiger partial charge in [0.15, 0.2) is 6.10 Å². The molecule has 0 saturated carbocycles. The van der Waals surface area contributed by atoms with Crippen LogP contribution in [0.25, 0.3) is 10.9 Å². The van der Waals surface area contributed by atoms with Crippen LogP contribution < -0.4 is 10.6 Å². The van der Waals surface area contributed by atoms with Gasteiger partial charge in [0.25, 0.3) is 5.91 Å². The van der Waals surface area contributed by atoms with Crippen LogP contribution in [0.5, 0.6) is 0 Å². The van der Waals surface area contributed by atoms with Gasteiger partial charge in [-0.25, -0.2) is 0 Å². The van der Waals surface area contributed by atoms with E-state index in [9.17, 15) is 14.4 Å². The third-order valence-electron chi connectivity index (χ3n) is 5.15. The van der Waals surface area contributed by atoms with Crippen LogP contribution in [0.3, 0.4) is 0 Å². The highest BCUT2D eigenvalue weighted by Crippen LogP contribution is 2.20. The number of nitrogens with zero attached hydrogens (tertiary/aromatic N) is 1. The zero-order chi connectivity index (χ0) is 22.5. The van der Waals surface area contributed by atoms with E-state index in [0.717, 1.165) is 33.4 Å². The molecule has 1 atom stereocenters. The molecule has 0 radical (unpaired) electrons. The van der Waals surface area contributed by atoms with Crippen molar-refractivity contribution in [3.8, 4) is 0 Å². The quantitative estimate of drug-likeness (QED) is 0.573. The largest absolute Gasteiger partial charge is 0.451 e. The highest BCUT2D eigenvalue weighted by Gasteiger charge is 2.20. The highest BCUT2D eigenvalue weighted by molar-refractivity contribution is 5.96. The number of aryl methyl sites for hydroxylation is 3. The van der Waals surface area contributed by atoms with E-state index < -0.39 is 18.0 Å². The fourth-order valence-corrected chi connectivity index (χ4v) is 3.48.